The van der Waals surface area contributed by atoms with E-state index in [1.165, 1.54) is 42.6 Å². The molecule has 0 radical (unpaired) electrons. The van der Waals surface area contributed by atoms with Crippen LogP contribution in [0.2, 0.25) is 5.02 Å². The van der Waals surface area contributed by atoms with Crippen LogP contribution in [0.4, 0.5) is 13.2 Å². The van der Waals surface area contributed by atoms with Crippen LogP contribution in [-0.2, 0) is 13.1 Å². The van der Waals surface area contributed by atoms with Crippen molar-refractivity contribution in [3.63, 3.8) is 0 Å². The van der Waals surface area contributed by atoms with Crippen molar-refractivity contribution in [3.8, 4) is 23.0 Å². The molecule has 0 atom stereocenters. The van der Waals surface area contributed by atoms with E-state index in [4.69, 9.17) is 11.6 Å². The number of aromatic hydroxyl groups is 1. The number of carbonyl (C=O) groups is 1. The van der Waals surface area contributed by atoms with Crippen LogP contribution in [0.15, 0.2) is 47.4 Å². The molecule has 0 aliphatic heterocycles. The van der Waals surface area contributed by atoms with Crippen molar-refractivity contribution in [2.45, 2.75) is 25.7 Å². The highest BCUT2D eigenvalue weighted by molar-refractivity contribution is 6.30. The molecule has 176 valence electrons. The van der Waals surface area contributed by atoms with Crippen molar-refractivity contribution in [2.75, 3.05) is 0 Å². The van der Waals surface area contributed by atoms with Crippen LogP contribution in [-0.4, -0.2) is 51.7 Å². The van der Waals surface area contributed by atoms with Gasteiger partial charge in [-0.05, 0) is 36.4 Å². The number of nitrogens with zero attached hydrogens (tertiary/aromatic N) is 7. The summed E-state index contributed by atoms with van der Waals surface area (Å²) >= 11 is 5.88. The molecule has 0 amide bonds. The lowest BCUT2D eigenvalue weighted by Crippen LogP contribution is -2.27. The SMILES string of the molecule is O=Cc1nc(Cn2nc(-c3ccc(Cl)cc3)n(CCC(F)(F)F)c2=O)nn1-c1ncccc1O. The maximum Gasteiger partial charge on any atom is 0.390 e. The van der Waals surface area contributed by atoms with Gasteiger partial charge in [0.2, 0.25) is 0 Å². The van der Waals surface area contributed by atoms with Gasteiger partial charge in [-0.25, -0.2) is 19.4 Å². The second-order valence-corrected chi connectivity index (χ2v) is 7.49. The van der Waals surface area contributed by atoms with Gasteiger partial charge >= 0.3 is 11.9 Å². The highest BCUT2D eigenvalue weighted by Crippen LogP contribution is 2.24. The number of hydrogen-bond donors (Lipinski definition) is 1. The van der Waals surface area contributed by atoms with Gasteiger partial charge in [-0.15, -0.1) is 10.2 Å². The summed E-state index contributed by atoms with van der Waals surface area (Å²) in [6.07, 6.45) is -3.96. The number of benzene rings is 1. The number of aldehydes is 1. The lowest BCUT2D eigenvalue weighted by molar-refractivity contribution is -0.136. The topological polar surface area (TPSA) is 121 Å². The molecular weight excluding hydrogens is 479 g/mol. The summed E-state index contributed by atoms with van der Waals surface area (Å²) in [4.78, 5) is 32.3. The average Bonchev–Trinajstić information content (AvgIpc) is 3.33. The van der Waals surface area contributed by atoms with E-state index in [9.17, 15) is 27.9 Å². The molecule has 0 aliphatic rings. The highest BCUT2D eigenvalue weighted by atomic mass is 35.5. The largest absolute Gasteiger partial charge is 0.504 e. The van der Waals surface area contributed by atoms with Crippen LogP contribution < -0.4 is 5.69 Å². The molecule has 4 rings (SSSR count). The Bertz CT molecular complexity index is 1390. The van der Waals surface area contributed by atoms with Crippen molar-refractivity contribution in [2.24, 2.45) is 0 Å². The highest BCUT2D eigenvalue weighted by Gasteiger charge is 2.28. The predicted molar refractivity (Wildman–Crippen MR) is 113 cm³/mol. The van der Waals surface area contributed by atoms with Crippen LogP contribution in [0.1, 0.15) is 22.9 Å². The zero-order valence-corrected chi connectivity index (χ0v) is 17.9. The summed E-state index contributed by atoms with van der Waals surface area (Å²) < 4.78 is 41.3. The molecule has 3 heterocycles. The molecule has 0 saturated heterocycles. The Morgan fingerprint density at radius 1 is 1.12 bits per heavy atom. The van der Waals surface area contributed by atoms with Crippen LogP contribution >= 0.6 is 11.6 Å². The summed E-state index contributed by atoms with van der Waals surface area (Å²) in [5.74, 6) is -0.568. The van der Waals surface area contributed by atoms with Gasteiger partial charge < -0.3 is 5.11 Å². The molecule has 0 saturated carbocycles. The number of halogens is 4. The van der Waals surface area contributed by atoms with E-state index in [2.05, 4.69) is 20.2 Å². The molecule has 1 N–H and O–H groups in total. The molecule has 14 heteroatoms. The van der Waals surface area contributed by atoms with Gasteiger partial charge in [-0.1, -0.05) is 11.6 Å². The minimum atomic E-state index is -4.48. The Morgan fingerprint density at radius 3 is 2.50 bits per heavy atom. The summed E-state index contributed by atoms with van der Waals surface area (Å²) in [7, 11) is 0. The van der Waals surface area contributed by atoms with E-state index in [-0.39, 0.29) is 35.6 Å². The van der Waals surface area contributed by atoms with Crippen LogP contribution in [0, 0.1) is 0 Å². The zero-order valence-electron chi connectivity index (χ0n) is 17.1. The number of aromatic nitrogens is 7. The number of carbonyl (C=O) groups excluding carboxylic acids is 1. The standard InChI is InChI=1S/C20H15ClF3N7O3/c21-13-5-3-12(4-6-13)17-28-30(19(34)29(17)9-7-20(22,23)24)10-15-26-16(11-32)31(27-15)18-14(33)2-1-8-25-18/h1-6,8,11,33H,7,9-10H2. The first-order valence-electron chi connectivity index (χ1n) is 9.72. The fourth-order valence-electron chi connectivity index (χ4n) is 3.15. The molecule has 0 bridgehead atoms. The van der Waals surface area contributed by atoms with Gasteiger partial charge in [0.15, 0.2) is 35.3 Å². The summed E-state index contributed by atoms with van der Waals surface area (Å²) in [5.41, 5.74) is -0.438. The molecule has 0 fully saturated rings. The third kappa shape index (κ3) is 4.83. The van der Waals surface area contributed by atoms with Gasteiger partial charge in [0.05, 0.1) is 6.42 Å². The third-order valence-corrected chi connectivity index (χ3v) is 4.94. The van der Waals surface area contributed by atoms with Crippen LogP contribution in [0.5, 0.6) is 5.75 Å². The molecule has 0 spiro atoms. The van der Waals surface area contributed by atoms with Crippen molar-refractivity contribution in [1.29, 1.82) is 0 Å². The maximum absolute atomic E-state index is 12.9. The second kappa shape index (κ2) is 9.09. The van der Waals surface area contributed by atoms with E-state index in [1.807, 2.05) is 0 Å². The smallest absolute Gasteiger partial charge is 0.390 e. The fraction of sp³-hybridized carbons (Fsp3) is 0.200. The average molecular weight is 494 g/mol. The number of pyridine rings is 1. The Kier molecular flexibility index (Phi) is 6.20. The van der Waals surface area contributed by atoms with Crippen molar-refractivity contribution < 1.29 is 23.1 Å². The quantitative estimate of drug-likeness (QED) is 0.393. The van der Waals surface area contributed by atoms with E-state index >= 15 is 0 Å². The van der Waals surface area contributed by atoms with Crippen molar-refractivity contribution >= 4 is 17.9 Å². The summed E-state index contributed by atoms with van der Waals surface area (Å²) in [6.45, 7) is -0.997. The van der Waals surface area contributed by atoms with Crippen LogP contribution in [0.25, 0.3) is 17.2 Å². The van der Waals surface area contributed by atoms with Gasteiger partial charge in [-0.2, -0.15) is 17.9 Å². The molecule has 0 unspecified atom stereocenters. The minimum absolute atomic E-state index is 0.00308. The molecule has 34 heavy (non-hydrogen) atoms. The first-order chi connectivity index (χ1) is 16.2. The van der Waals surface area contributed by atoms with Crippen molar-refractivity contribution in [1.82, 2.24) is 34.1 Å². The van der Waals surface area contributed by atoms with E-state index in [0.717, 1.165) is 13.9 Å². The van der Waals surface area contributed by atoms with E-state index in [0.29, 0.717) is 16.9 Å². The number of hydrogen-bond acceptors (Lipinski definition) is 7. The van der Waals surface area contributed by atoms with Gasteiger partial charge in [-0.3, -0.25) is 9.36 Å². The number of alkyl halides is 3. The summed E-state index contributed by atoms with van der Waals surface area (Å²) in [6, 6.07) is 8.91. The second-order valence-electron chi connectivity index (χ2n) is 7.05. The first kappa shape index (κ1) is 23.2. The third-order valence-electron chi connectivity index (χ3n) is 4.68. The number of rotatable bonds is 7. The molecule has 3 aromatic heterocycles. The molecular formula is C20H15ClF3N7O3. The molecule has 10 nitrogen and oxygen atoms in total. The zero-order chi connectivity index (χ0) is 24.5. The normalized spacial score (nSPS) is 11.6. The molecule has 4 aromatic rings. The van der Waals surface area contributed by atoms with Crippen molar-refractivity contribution in [3.05, 3.63) is 69.8 Å². The maximum atomic E-state index is 12.9. The monoisotopic (exact) mass is 493 g/mol. The Balaban J connectivity index is 1.74. The Labute approximate surface area is 193 Å². The van der Waals surface area contributed by atoms with Gasteiger partial charge in [0.1, 0.15) is 6.54 Å². The lowest BCUT2D eigenvalue weighted by Gasteiger charge is -2.08. The van der Waals surface area contributed by atoms with E-state index < -0.39 is 24.8 Å². The Morgan fingerprint density at radius 2 is 1.85 bits per heavy atom. The van der Waals surface area contributed by atoms with Crippen LogP contribution in [0.3, 0.4) is 0 Å². The van der Waals surface area contributed by atoms with Gasteiger partial charge in [0.25, 0.3) is 0 Å². The summed E-state index contributed by atoms with van der Waals surface area (Å²) in [5, 5.41) is 18.7. The predicted octanol–water partition coefficient (Wildman–Crippen LogP) is 2.86. The first-order valence-corrected chi connectivity index (χ1v) is 10.1. The minimum Gasteiger partial charge on any atom is -0.504 e. The lowest BCUT2D eigenvalue weighted by atomic mass is 10.2. The Hall–Kier alpha value is -4.00. The molecule has 1 aromatic carbocycles. The fourth-order valence-corrected chi connectivity index (χ4v) is 3.28. The van der Waals surface area contributed by atoms with E-state index in [1.54, 1.807) is 0 Å². The van der Waals surface area contributed by atoms with Gasteiger partial charge in [0, 0.05) is 23.3 Å². The molecule has 0 aliphatic carbocycles.